The first kappa shape index (κ1) is 28.3. The number of carbonyl (C=O) groups is 4. The number of aliphatic imine (C=N–C) groups is 1. The number of nitrogens with zero attached hydrogens (tertiary/aromatic N) is 1. The zero-order valence-electron chi connectivity index (χ0n) is 21.3. The number of nitrogens with two attached hydrogens (primary N) is 1. The van der Waals surface area contributed by atoms with Crippen LogP contribution >= 0.6 is 0 Å². The minimum Gasteiger partial charge on any atom is -0.482 e. The smallest absolute Gasteiger partial charge is 0.435 e. The van der Waals surface area contributed by atoms with E-state index in [1.165, 1.54) is 24.3 Å². The van der Waals surface area contributed by atoms with Gasteiger partial charge in [0.05, 0.1) is 25.9 Å². The van der Waals surface area contributed by atoms with Gasteiger partial charge in [0, 0.05) is 29.5 Å². The van der Waals surface area contributed by atoms with Crippen molar-refractivity contribution in [2.45, 2.75) is 38.8 Å². The molecule has 3 N–H and O–H groups in total. The second-order valence-corrected chi connectivity index (χ2v) is 8.45. The molecule has 0 saturated carbocycles. The quantitative estimate of drug-likeness (QED) is 0.206. The number of hydrogen-bond acceptors (Lipinski definition) is 8. The Balaban J connectivity index is 1.49. The molecule has 2 amide bonds. The Morgan fingerprint density at radius 1 is 1.00 bits per heavy atom. The number of carbonyl (C=O) groups excluding carboxylic acids is 4. The molecule has 1 atom stereocenters. The van der Waals surface area contributed by atoms with Crippen LogP contribution in [-0.4, -0.2) is 68.2 Å². The van der Waals surface area contributed by atoms with Crippen molar-refractivity contribution in [3.8, 4) is 5.75 Å². The predicted octanol–water partition coefficient (Wildman–Crippen LogP) is 2.65. The predicted molar refractivity (Wildman–Crippen MR) is 137 cm³/mol. The largest absolute Gasteiger partial charge is 0.482 e. The molecule has 2 aromatic carbocycles. The molecule has 11 nitrogen and oxygen atoms in total. The third-order valence-electron chi connectivity index (χ3n) is 5.63. The molecule has 0 aliphatic carbocycles. The summed E-state index contributed by atoms with van der Waals surface area (Å²) in [6.45, 7) is 4.32. The van der Waals surface area contributed by atoms with E-state index in [9.17, 15) is 19.2 Å². The molecule has 1 aliphatic heterocycles. The van der Waals surface area contributed by atoms with Gasteiger partial charge in [-0.3, -0.25) is 9.59 Å². The molecule has 0 bridgehead atoms. The fourth-order valence-electron chi connectivity index (χ4n) is 3.58. The number of ether oxygens (including phenoxy) is 4. The van der Waals surface area contributed by atoms with Crippen molar-refractivity contribution in [1.29, 1.82) is 0 Å². The fourth-order valence-corrected chi connectivity index (χ4v) is 3.58. The maximum atomic E-state index is 12.8. The molecule has 1 heterocycles. The van der Waals surface area contributed by atoms with Gasteiger partial charge in [0.15, 0.2) is 12.4 Å². The van der Waals surface area contributed by atoms with Crippen LogP contribution in [0.1, 0.15) is 53.0 Å². The van der Waals surface area contributed by atoms with E-state index in [4.69, 9.17) is 24.7 Å². The molecule has 3 rings (SSSR count). The minimum absolute atomic E-state index is 0.0393. The first-order chi connectivity index (χ1) is 18.3. The van der Waals surface area contributed by atoms with Crippen LogP contribution in [-0.2, 0) is 19.0 Å². The third-order valence-corrected chi connectivity index (χ3v) is 5.63. The van der Waals surface area contributed by atoms with Crippen molar-refractivity contribution in [1.82, 2.24) is 5.32 Å². The van der Waals surface area contributed by atoms with Crippen LogP contribution in [0.4, 0.5) is 4.79 Å². The molecule has 0 aromatic heterocycles. The van der Waals surface area contributed by atoms with Gasteiger partial charge in [-0.15, -0.1) is 0 Å². The number of hydrogen-bond donors (Lipinski definition) is 2. The van der Waals surface area contributed by atoms with Crippen molar-refractivity contribution < 1.29 is 38.1 Å². The Kier molecular flexibility index (Phi) is 10.4. The van der Waals surface area contributed by atoms with Crippen LogP contribution in [0.5, 0.6) is 5.75 Å². The van der Waals surface area contributed by atoms with E-state index in [2.05, 4.69) is 10.3 Å². The van der Waals surface area contributed by atoms with E-state index in [1.807, 2.05) is 0 Å². The molecule has 11 heteroatoms. The van der Waals surface area contributed by atoms with Crippen LogP contribution in [0.2, 0.25) is 0 Å². The second kappa shape index (κ2) is 13.9. The molecule has 0 radical (unpaired) electrons. The van der Waals surface area contributed by atoms with Gasteiger partial charge in [-0.2, -0.15) is 4.99 Å². The van der Waals surface area contributed by atoms with E-state index >= 15 is 0 Å². The summed E-state index contributed by atoms with van der Waals surface area (Å²) in [6, 6.07) is 11.6. The van der Waals surface area contributed by atoms with E-state index in [0.717, 1.165) is 0 Å². The number of amides is 2. The van der Waals surface area contributed by atoms with Gasteiger partial charge in [0.1, 0.15) is 17.7 Å². The molecule has 1 aliphatic rings. The molecular formula is C27H31N3O8. The fraction of sp³-hybridized carbons (Fsp3) is 0.370. The second-order valence-electron chi connectivity index (χ2n) is 8.45. The summed E-state index contributed by atoms with van der Waals surface area (Å²) in [5.74, 6) is -0.849. The van der Waals surface area contributed by atoms with Crippen LogP contribution in [0, 0.1) is 0 Å². The van der Waals surface area contributed by atoms with Gasteiger partial charge >= 0.3 is 12.1 Å². The summed E-state index contributed by atoms with van der Waals surface area (Å²) < 4.78 is 20.8. The minimum atomic E-state index is -0.807. The lowest BCUT2D eigenvalue weighted by atomic mass is 10.0. The lowest BCUT2D eigenvalue weighted by molar-refractivity contribution is -0.155. The van der Waals surface area contributed by atoms with E-state index in [0.29, 0.717) is 48.5 Å². The molecular weight excluding hydrogens is 494 g/mol. The van der Waals surface area contributed by atoms with Gasteiger partial charge in [0.25, 0.3) is 5.91 Å². The molecule has 2 aromatic rings. The number of ketones is 1. The summed E-state index contributed by atoms with van der Waals surface area (Å²) in [4.78, 5) is 52.4. The van der Waals surface area contributed by atoms with Gasteiger partial charge in [0.2, 0.25) is 0 Å². The van der Waals surface area contributed by atoms with E-state index < -0.39 is 24.0 Å². The maximum Gasteiger partial charge on any atom is 0.435 e. The van der Waals surface area contributed by atoms with Crippen LogP contribution in [0.25, 0.3) is 0 Å². The first-order valence-electron chi connectivity index (χ1n) is 12.2. The van der Waals surface area contributed by atoms with Crippen LogP contribution < -0.4 is 15.8 Å². The Labute approximate surface area is 220 Å². The number of esters is 1. The first-order valence-corrected chi connectivity index (χ1v) is 12.2. The van der Waals surface area contributed by atoms with Crippen LogP contribution in [0.3, 0.4) is 0 Å². The summed E-state index contributed by atoms with van der Waals surface area (Å²) in [5, 5.41) is 2.66. The van der Waals surface area contributed by atoms with E-state index in [1.54, 1.807) is 38.1 Å². The molecule has 1 saturated heterocycles. The monoisotopic (exact) mass is 525 g/mol. The highest BCUT2D eigenvalue weighted by molar-refractivity contribution is 6.05. The highest BCUT2D eigenvalue weighted by Crippen LogP contribution is 2.15. The summed E-state index contributed by atoms with van der Waals surface area (Å²) in [5.41, 5.74) is 6.90. The molecule has 202 valence electrons. The Morgan fingerprint density at radius 3 is 2.24 bits per heavy atom. The third kappa shape index (κ3) is 8.41. The van der Waals surface area contributed by atoms with Gasteiger partial charge in [-0.05, 0) is 50.2 Å². The zero-order chi connectivity index (χ0) is 27.5. The Hall–Kier alpha value is -4.25. The number of amidine groups is 1. The highest BCUT2D eigenvalue weighted by atomic mass is 16.6. The van der Waals surface area contributed by atoms with Crippen molar-refractivity contribution in [2.24, 2.45) is 10.7 Å². The number of nitrogens with one attached hydrogen (secondary N) is 1. The Bertz CT molecular complexity index is 1160. The normalized spacial score (nSPS) is 14.7. The highest BCUT2D eigenvalue weighted by Gasteiger charge is 2.20. The SMILES string of the molecule is CCOC(=O)/N=C(\N)c1ccc(C(=O)NC(C)C(=O)c2ccc(OCC(=O)OC3CCOCC3)cc2)cc1. The van der Waals surface area contributed by atoms with Gasteiger partial charge in [-0.25, -0.2) is 9.59 Å². The zero-order valence-corrected chi connectivity index (χ0v) is 21.3. The van der Waals surface area contributed by atoms with Crippen molar-refractivity contribution >= 4 is 29.6 Å². The molecule has 1 fully saturated rings. The standard InChI is InChI=1S/C27H31N3O8/c1-3-36-27(34)30-25(28)19-4-6-20(7-5-19)26(33)29-17(2)24(32)18-8-10-21(11-9-18)37-16-23(31)38-22-12-14-35-15-13-22/h4-11,17,22H,3,12-16H2,1-2H3,(H,29,33)(H2,28,30,34). The number of Topliss-reactive ketones (excluding diaryl/α,β-unsaturated/α-hetero) is 1. The van der Waals surface area contributed by atoms with Gasteiger partial charge in [-0.1, -0.05) is 12.1 Å². The Morgan fingerprint density at radius 2 is 1.61 bits per heavy atom. The van der Waals surface area contributed by atoms with Crippen molar-refractivity contribution in [3.05, 3.63) is 65.2 Å². The maximum absolute atomic E-state index is 12.8. The van der Waals surface area contributed by atoms with Gasteiger partial charge < -0.3 is 30.0 Å². The molecule has 38 heavy (non-hydrogen) atoms. The average molecular weight is 526 g/mol. The summed E-state index contributed by atoms with van der Waals surface area (Å²) in [6.07, 6.45) is 0.386. The van der Waals surface area contributed by atoms with E-state index in [-0.39, 0.29) is 30.9 Å². The number of benzene rings is 2. The summed E-state index contributed by atoms with van der Waals surface area (Å²) in [7, 11) is 0. The van der Waals surface area contributed by atoms with Crippen molar-refractivity contribution in [2.75, 3.05) is 26.4 Å². The molecule has 1 unspecified atom stereocenters. The van der Waals surface area contributed by atoms with Crippen LogP contribution in [0.15, 0.2) is 53.5 Å². The molecule has 0 spiro atoms. The number of rotatable bonds is 10. The average Bonchev–Trinajstić information content (AvgIpc) is 2.92. The lowest BCUT2D eigenvalue weighted by Gasteiger charge is -2.22. The topological polar surface area (TPSA) is 156 Å². The summed E-state index contributed by atoms with van der Waals surface area (Å²) >= 11 is 0. The lowest BCUT2D eigenvalue weighted by Crippen LogP contribution is -2.38. The van der Waals surface area contributed by atoms with Crippen molar-refractivity contribution in [3.63, 3.8) is 0 Å².